The number of nitrogens with zero attached hydrogens (tertiary/aromatic N) is 2. The fourth-order valence-corrected chi connectivity index (χ4v) is 3.01. The number of aromatic hydroxyl groups is 1. The Kier molecular flexibility index (Phi) is 5.80. The zero-order chi connectivity index (χ0) is 16.1. The number of amides is 1. The van der Waals surface area contributed by atoms with Crippen molar-refractivity contribution >= 4 is 5.91 Å². The van der Waals surface area contributed by atoms with Gasteiger partial charge >= 0.3 is 0 Å². The highest BCUT2D eigenvalue weighted by molar-refractivity contribution is 5.97. The molecule has 1 aliphatic heterocycles. The Morgan fingerprint density at radius 3 is 2.68 bits per heavy atom. The predicted molar refractivity (Wildman–Crippen MR) is 86.1 cm³/mol. The van der Waals surface area contributed by atoms with Gasteiger partial charge < -0.3 is 20.0 Å². The third kappa shape index (κ3) is 3.78. The topological polar surface area (TPSA) is 64.0 Å². The van der Waals surface area contributed by atoms with Gasteiger partial charge in [-0.05, 0) is 44.9 Å². The maximum Gasteiger partial charge on any atom is 0.257 e. The van der Waals surface area contributed by atoms with Crippen LogP contribution in [0.25, 0.3) is 0 Å². The zero-order valence-corrected chi connectivity index (χ0v) is 13.5. The molecule has 0 saturated carbocycles. The van der Waals surface area contributed by atoms with E-state index in [0.29, 0.717) is 24.7 Å². The van der Waals surface area contributed by atoms with E-state index < -0.39 is 0 Å². The molecular weight excluding hydrogens is 280 g/mol. The molecule has 2 rings (SSSR count). The minimum absolute atomic E-state index is 0.0855. The number of benzene rings is 1. The number of rotatable bonds is 5. The predicted octanol–water partition coefficient (Wildman–Crippen LogP) is 1.62. The fraction of sp³-hybridized carbons (Fsp3) is 0.588. The Bertz CT molecular complexity index is 511. The van der Waals surface area contributed by atoms with Crippen molar-refractivity contribution in [1.29, 1.82) is 0 Å². The van der Waals surface area contributed by atoms with E-state index in [4.69, 9.17) is 5.11 Å². The highest BCUT2D eigenvalue weighted by Gasteiger charge is 2.27. The third-order valence-electron chi connectivity index (χ3n) is 4.51. The molecule has 1 heterocycles. The standard InChI is InChI=1S/C17H26N2O3/c1-13-5-3-6-15(16(13)21)17(22)19-10-7-14(8-11-19)18(2)9-4-12-20/h3,5-6,14,20-21H,4,7-12H2,1-2H3. The Balaban J connectivity index is 1.94. The van der Waals surface area contributed by atoms with Gasteiger partial charge in [0.1, 0.15) is 5.75 Å². The number of para-hydroxylation sites is 1. The van der Waals surface area contributed by atoms with Crippen LogP contribution in [0.4, 0.5) is 0 Å². The van der Waals surface area contributed by atoms with Crippen molar-refractivity contribution in [3.05, 3.63) is 29.3 Å². The minimum Gasteiger partial charge on any atom is -0.507 e. The van der Waals surface area contributed by atoms with Crippen molar-refractivity contribution < 1.29 is 15.0 Å². The van der Waals surface area contributed by atoms with Gasteiger partial charge in [0.05, 0.1) is 5.56 Å². The van der Waals surface area contributed by atoms with Crippen LogP contribution < -0.4 is 0 Å². The minimum atomic E-state index is -0.0855. The highest BCUT2D eigenvalue weighted by Crippen LogP contribution is 2.25. The summed E-state index contributed by atoms with van der Waals surface area (Å²) in [7, 11) is 2.07. The highest BCUT2D eigenvalue weighted by atomic mass is 16.3. The van der Waals surface area contributed by atoms with Crippen molar-refractivity contribution in [2.45, 2.75) is 32.2 Å². The van der Waals surface area contributed by atoms with E-state index in [0.717, 1.165) is 31.4 Å². The number of aryl methyl sites for hydroxylation is 1. The van der Waals surface area contributed by atoms with Gasteiger partial charge in [0.25, 0.3) is 5.91 Å². The molecule has 0 bridgehead atoms. The first-order valence-electron chi connectivity index (χ1n) is 7.93. The van der Waals surface area contributed by atoms with Crippen LogP contribution >= 0.6 is 0 Å². The largest absolute Gasteiger partial charge is 0.507 e. The number of hydrogen-bond acceptors (Lipinski definition) is 4. The summed E-state index contributed by atoms with van der Waals surface area (Å²) in [6, 6.07) is 5.75. The van der Waals surface area contributed by atoms with Gasteiger partial charge in [-0.15, -0.1) is 0 Å². The van der Waals surface area contributed by atoms with Crippen molar-refractivity contribution in [2.75, 3.05) is 33.3 Å². The van der Waals surface area contributed by atoms with Crippen molar-refractivity contribution in [3.8, 4) is 5.75 Å². The lowest BCUT2D eigenvalue weighted by atomic mass is 10.0. The average Bonchev–Trinajstić information content (AvgIpc) is 2.54. The first kappa shape index (κ1) is 16.8. The quantitative estimate of drug-likeness (QED) is 0.868. The molecule has 0 spiro atoms. The second-order valence-electron chi connectivity index (χ2n) is 6.05. The number of aliphatic hydroxyl groups excluding tert-OH is 1. The molecule has 1 saturated heterocycles. The summed E-state index contributed by atoms with van der Waals surface area (Å²) in [5.41, 5.74) is 1.12. The number of carbonyl (C=O) groups excluding carboxylic acids is 1. The molecule has 0 atom stereocenters. The van der Waals surface area contributed by atoms with Crippen LogP contribution in [0.2, 0.25) is 0 Å². The molecule has 1 amide bonds. The Morgan fingerprint density at radius 2 is 2.05 bits per heavy atom. The van der Waals surface area contributed by atoms with E-state index >= 15 is 0 Å². The van der Waals surface area contributed by atoms with Crippen LogP contribution in [0.1, 0.15) is 35.2 Å². The lowest BCUT2D eigenvalue weighted by Gasteiger charge is -2.36. The first-order chi connectivity index (χ1) is 10.5. The molecule has 2 N–H and O–H groups in total. The van der Waals surface area contributed by atoms with Gasteiger partial charge in [-0.2, -0.15) is 0 Å². The van der Waals surface area contributed by atoms with Gasteiger partial charge in [-0.1, -0.05) is 12.1 Å². The average molecular weight is 306 g/mol. The second kappa shape index (κ2) is 7.61. The molecule has 122 valence electrons. The van der Waals surface area contributed by atoms with E-state index in [1.807, 2.05) is 4.90 Å². The maximum absolute atomic E-state index is 12.5. The number of aliphatic hydroxyl groups is 1. The number of phenolic OH excluding ortho intramolecular Hbond substituents is 1. The molecular formula is C17H26N2O3. The molecule has 0 aliphatic carbocycles. The van der Waals surface area contributed by atoms with Crippen molar-refractivity contribution in [2.24, 2.45) is 0 Å². The van der Waals surface area contributed by atoms with Crippen molar-refractivity contribution in [3.63, 3.8) is 0 Å². The van der Waals surface area contributed by atoms with Crippen LogP contribution in [-0.4, -0.2) is 65.3 Å². The maximum atomic E-state index is 12.5. The lowest BCUT2D eigenvalue weighted by Crippen LogP contribution is -2.45. The molecule has 5 heteroatoms. The normalized spacial score (nSPS) is 16.3. The second-order valence-corrected chi connectivity index (χ2v) is 6.05. The molecule has 1 aliphatic rings. The summed E-state index contributed by atoms with van der Waals surface area (Å²) < 4.78 is 0. The number of hydrogen-bond donors (Lipinski definition) is 2. The summed E-state index contributed by atoms with van der Waals surface area (Å²) in [6.45, 7) is 4.32. The monoisotopic (exact) mass is 306 g/mol. The molecule has 22 heavy (non-hydrogen) atoms. The van der Waals surface area contributed by atoms with E-state index in [1.165, 1.54) is 0 Å². The van der Waals surface area contributed by atoms with Crippen molar-refractivity contribution in [1.82, 2.24) is 9.80 Å². The number of piperidine rings is 1. The molecule has 0 unspecified atom stereocenters. The van der Waals surface area contributed by atoms with Crippen LogP contribution in [0.15, 0.2) is 18.2 Å². The summed E-state index contributed by atoms with van der Waals surface area (Å²) in [5.74, 6) is 0.00680. The smallest absolute Gasteiger partial charge is 0.257 e. The third-order valence-corrected chi connectivity index (χ3v) is 4.51. The molecule has 0 radical (unpaired) electrons. The van der Waals surface area contributed by atoms with Gasteiger partial charge in [-0.25, -0.2) is 0 Å². The SMILES string of the molecule is Cc1cccc(C(=O)N2CCC(N(C)CCCO)CC2)c1O. The zero-order valence-electron chi connectivity index (χ0n) is 13.5. The first-order valence-corrected chi connectivity index (χ1v) is 7.93. The number of likely N-dealkylation sites (tertiary alicyclic amines) is 1. The molecule has 1 aromatic carbocycles. The van der Waals surface area contributed by atoms with Gasteiger partial charge in [-0.3, -0.25) is 4.79 Å². The molecule has 1 fully saturated rings. The number of carbonyl (C=O) groups is 1. The summed E-state index contributed by atoms with van der Waals surface area (Å²) >= 11 is 0. The number of phenols is 1. The van der Waals surface area contributed by atoms with E-state index in [9.17, 15) is 9.90 Å². The Labute approximate surface area is 132 Å². The summed E-state index contributed by atoms with van der Waals surface area (Å²) in [4.78, 5) is 16.6. The van der Waals surface area contributed by atoms with Crippen LogP contribution in [0.3, 0.4) is 0 Å². The van der Waals surface area contributed by atoms with Gasteiger partial charge in [0.2, 0.25) is 0 Å². The molecule has 1 aromatic rings. The van der Waals surface area contributed by atoms with Crippen LogP contribution in [-0.2, 0) is 0 Å². The molecule has 0 aromatic heterocycles. The summed E-state index contributed by atoms with van der Waals surface area (Å²) in [6.07, 6.45) is 2.65. The summed E-state index contributed by atoms with van der Waals surface area (Å²) in [5, 5.41) is 19.0. The van der Waals surface area contributed by atoms with Gasteiger partial charge in [0, 0.05) is 32.3 Å². The Morgan fingerprint density at radius 1 is 1.36 bits per heavy atom. The van der Waals surface area contributed by atoms with E-state index in [2.05, 4.69) is 11.9 Å². The van der Waals surface area contributed by atoms with Crippen LogP contribution in [0, 0.1) is 6.92 Å². The molecule has 5 nitrogen and oxygen atoms in total. The van der Waals surface area contributed by atoms with Crippen LogP contribution in [0.5, 0.6) is 5.75 Å². The fourth-order valence-electron chi connectivity index (χ4n) is 3.01. The Hall–Kier alpha value is -1.59. The van der Waals surface area contributed by atoms with E-state index in [1.54, 1.807) is 25.1 Å². The van der Waals surface area contributed by atoms with E-state index in [-0.39, 0.29) is 18.3 Å². The lowest BCUT2D eigenvalue weighted by molar-refractivity contribution is 0.0638. The van der Waals surface area contributed by atoms with Gasteiger partial charge in [0.15, 0.2) is 0 Å².